The van der Waals surface area contributed by atoms with Crippen LogP contribution in [0.4, 0.5) is 11.4 Å². The summed E-state index contributed by atoms with van der Waals surface area (Å²) in [7, 11) is 2.96. The number of carbonyl (C=O) groups excluding carboxylic acids is 4. The average Bonchev–Trinajstić information content (AvgIpc) is 2.86. The van der Waals surface area contributed by atoms with Crippen LogP contribution in [0.2, 0.25) is 0 Å². The van der Waals surface area contributed by atoms with Gasteiger partial charge in [0, 0.05) is 28.4 Å². The maximum Gasteiger partial charge on any atom is 0.341 e. The Balaban J connectivity index is 1.53. The second kappa shape index (κ2) is 9.30. The molecule has 1 aliphatic carbocycles. The summed E-state index contributed by atoms with van der Waals surface area (Å²) in [5.74, 6) is -1.41. The molecule has 0 saturated carbocycles. The fourth-order valence-electron chi connectivity index (χ4n) is 3.83. The minimum atomic E-state index is -1.19. The summed E-state index contributed by atoms with van der Waals surface area (Å²) in [6, 6.07) is 13.9. The van der Waals surface area contributed by atoms with Gasteiger partial charge < -0.3 is 25.3 Å². The molecular formula is C26H22N2O7. The van der Waals surface area contributed by atoms with Gasteiger partial charge in [-0.2, -0.15) is 0 Å². The van der Waals surface area contributed by atoms with Crippen molar-refractivity contribution in [2.75, 3.05) is 25.3 Å². The molecule has 0 spiro atoms. The van der Waals surface area contributed by atoms with Gasteiger partial charge in [-0.05, 0) is 31.2 Å². The van der Waals surface area contributed by atoms with Crippen molar-refractivity contribution in [1.29, 1.82) is 0 Å². The number of esters is 1. The first-order valence-corrected chi connectivity index (χ1v) is 10.6. The summed E-state index contributed by atoms with van der Waals surface area (Å²) in [6.45, 7) is 1.40. The van der Waals surface area contributed by atoms with E-state index >= 15 is 0 Å². The summed E-state index contributed by atoms with van der Waals surface area (Å²) >= 11 is 0. The van der Waals surface area contributed by atoms with E-state index in [9.17, 15) is 19.2 Å². The molecule has 35 heavy (non-hydrogen) atoms. The predicted octanol–water partition coefficient (Wildman–Crippen LogP) is 3.25. The molecule has 0 radical (unpaired) electrons. The van der Waals surface area contributed by atoms with Gasteiger partial charge in [-0.15, -0.1) is 0 Å². The van der Waals surface area contributed by atoms with Crippen molar-refractivity contribution in [3.8, 4) is 11.5 Å². The van der Waals surface area contributed by atoms with Gasteiger partial charge in [0.05, 0.1) is 31.0 Å². The minimum Gasteiger partial charge on any atom is -0.493 e. The van der Waals surface area contributed by atoms with Crippen molar-refractivity contribution in [3.05, 3.63) is 82.4 Å². The Morgan fingerprint density at radius 1 is 0.857 bits per heavy atom. The normalized spacial score (nSPS) is 12.8. The van der Waals surface area contributed by atoms with Crippen LogP contribution in [-0.4, -0.2) is 43.8 Å². The van der Waals surface area contributed by atoms with Crippen molar-refractivity contribution in [2.45, 2.75) is 13.0 Å². The molecule has 3 N–H and O–H groups in total. The lowest BCUT2D eigenvalue weighted by molar-refractivity contribution is -0.123. The number of fused-ring (bicyclic) bond motifs is 2. The second-order valence-electron chi connectivity index (χ2n) is 7.76. The summed E-state index contributed by atoms with van der Waals surface area (Å²) in [5.41, 5.74) is 6.82. The molecule has 0 saturated heterocycles. The number of nitrogens with two attached hydrogens (primary N) is 1. The molecule has 9 heteroatoms. The highest BCUT2D eigenvalue weighted by Gasteiger charge is 2.33. The van der Waals surface area contributed by atoms with Crippen molar-refractivity contribution in [3.63, 3.8) is 0 Å². The van der Waals surface area contributed by atoms with Gasteiger partial charge in [0.2, 0.25) is 0 Å². The Labute approximate surface area is 200 Å². The molecule has 3 aromatic rings. The molecule has 0 aromatic heterocycles. The number of nitrogens with one attached hydrogen (secondary N) is 1. The zero-order valence-electron chi connectivity index (χ0n) is 19.2. The maximum atomic E-state index is 13.0. The van der Waals surface area contributed by atoms with Crippen LogP contribution >= 0.6 is 0 Å². The van der Waals surface area contributed by atoms with E-state index in [0.29, 0.717) is 17.2 Å². The highest BCUT2D eigenvalue weighted by molar-refractivity contribution is 6.30. The number of nitrogen functional groups attached to an aromatic ring is 1. The second-order valence-corrected chi connectivity index (χ2v) is 7.76. The van der Waals surface area contributed by atoms with Crippen LogP contribution < -0.4 is 20.5 Å². The minimum absolute atomic E-state index is 0.0504. The van der Waals surface area contributed by atoms with Gasteiger partial charge >= 0.3 is 5.97 Å². The number of hydrogen-bond acceptors (Lipinski definition) is 8. The molecule has 1 amide bonds. The number of rotatable bonds is 6. The first kappa shape index (κ1) is 23.5. The van der Waals surface area contributed by atoms with Crippen LogP contribution in [0, 0.1) is 0 Å². The van der Waals surface area contributed by atoms with E-state index in [0.717, 1.165) is 0 Å². The quantitative estimate of drug-likeness (QED) is 0.321. The third kappa shape index (κ3) is 4.19. The molecule has 9 nitrogen and oxygen atoms in total. The van der Waals surface area contributed by atoms with Crippen molar-refractivity contribution in [1.82, 2.24) is 0 Å². The molecule has 1 aliphatic rings. The SMILES string of the molecule is COc1ccc(NC(=O)C(C)OC(=O)c2ccc3c(c2N)C(=O)c2ccccc2C3=O)cc1OC. The molecule has 4 rings (SSSR count). The fraction of sp³-hybridized carbons (Fsp3) is 0.154. The van der Waals surface area contributed by atoms with Crippen molar-refractivity contribution in [2.24, 2.45) is 0 Å². The molecule has 1 unspecified atom stereocenters. The van der Waals surface area contributed by atoms with Gasteiger partial charge in [-0.3, -0.25) is 14.4 Å². The molecule has 0 heterocycles. The molecular weight excluding hydrogens is 452 g/mol. The first-order chi connectivity index (χ1) is 16.8. The monoisotopic (exact) mass is 474 g/mol. The average molecular weight is 474 g/mol. The van der Waals surface area contributed by atoms with Gasteiger partial charge in [-0.1, -0.05) is 24.3 Å². The van der Waals surface area contributed by atoms with Crippen LogP contribution in [0.25, 0.3) is 0 Å². The number of anilines is 2. The number of hydrogen-bond donors (Lipinski definition) is 2. The Bertz CT molecular complexity index is 1380. The lowest BCUT2D eigenvalue weighted by atomic mass is 9.82. The number of ketones is 2. The van der Waals surface area contributed by atoms with E-state index in [1.54, 1.807) is 36.4 Å². The Morgan fingerprint density at radius 3 is 2.17 bits per heavy atom. The van der Waals surface area contributed by atoms with Crippen LogP contribution in [0.1, 0.15) is 49.1 Å². The summed E-state index contributed by atoms with van der Waals surface area (Å²) in [5, 5.41) is 2.63. The first-order valence-electron chi connectivity index (χ1n) is 10.6. The van der Waals surface area contributed by atoms with Gasteiger partial charge in [-0.25, -0.2) is 4.79 Å². The number of amides is 1. The summed E-state index contributed by atoms with van der Waals surface area (Å²) in [4.78, 5) is 51.2. The Morgan fingerprint density at radius 2 is 1.51 bits per heavy atom. The summed E-state index contributed by atoms with van der Waals surface area (Å²) < 4.78 is 15.7. The zero-order chi connectivity index (χ0) is 25.3. The Kier molecular flexibility index (Phi) is 6.24. The number of benzene rings is 3. The van der Waals surface area contributed by atoms with Crippen LogP contribution in [0.15, 0.2) is 54.6 Å². The topological polar surface area (TPSA) is 134 Å². The van der Waals surface area contributed by atoms with E-state index in [4.69, 9.17) is 19.9 Å². The van der Waals surface area contributed by atoms with E-state index in [-0.39, 0.29) is 39.3 Å². The molecule has 0 bridgehead atoms. The third-order valence-electron chi connectivity index (χ3n) is 5.66. The zero-order valence-corrected chi connectivity index (χ0v) is 19.2. The highest BCUT2D eigenvalue weighted by atomic mass is 16.5. The molecule has 3 aromatic carbocycles. The third-order valence-corrected chi connectivity index (χ3v) is 5.66. The molecule has 0 aliphatic heterocycles. The maximum absolute atomic E-state index is 13.0. The van der Waals surface area contributed by atoms with Crippen molar-refractivity contribution >= 4 is 34.8 Å². The largest absolute Gasteiger partial charge is 0.493 e. The van der Waals surface area contributed by atoms with Gasteiger partial charge in [0.15, 0.2) is 29.2 Å². The van der Waals surface area contributed by atoms with Crippen LogP contribution in [-0.2, 0) is 9.53 Å². The van der Waals surface area contributed by atoms with E-state index in [2.05, 4.69) is 5.32 Å². The van der Waals surface area contributed by atoms with Crippen LogP contribution in [0.3, 0.4) is 0 Å². The lowest BCUT2D eigenvalue weighted by Gasteiger charge is -2.20. The number of carbonyl (C=O) groups is 4. The number of ether oxygens (including phenoxy) is 3. The van der Waals surface area contributed by atoms with E-state index in [1.165, 1.54) is 39.3 Å². The van der Waals surface area contributed by atoms with Gasteiger partial charge in [0.25, 0.3) is 5.91 Å². The molecule has 178 valence electrons. The summed E-state index contributed by atoms with van der Waals surface area (Å²) in [6.07, 6.45) is -1.19. The molecule has 1 atom stereocenters. The highest BCUT2D eigenvalue weighted by Crippen LogP contribution is 2.33. The van der Waals surface area contributed by atoms with E-state index < -0.39 is 23.8 Å². The predicted molar refractivity (Wildman–Crippen MR) is 127 cm³/mol. The number of methoxy groups -OCH3 is 2. The lowest BCUT2D eigenvalue weighted by Crippen LogP contribution is -2.30. The standard InChI is InChI=1S/C26H22N2O7/c1-13(25(31)28-14-8-11-19(33-2)20(12-14)34-3)35-26(32)18-10-9-17-21(22(18)27)24(30)16-7-5-4-6-15(16)23(17)29/h4-13H,27H2,1-3H3,(H,28,31). The Hall–Kier alpha value is -4.66. The van der Waals surface area contributed by atoms with Gasteiger partial charge in [0.1, 0.15) is 0 Å². The fourth-order valence-corrected chi connectivity index (χ4v) is 3.83. The van der Waals surface area contributed by atoms with E-state index in [1.807, 2.05) is 0 Å². The van der Waals surface area contributed by atoms with Crippen molar-refractivity contribution < 1.29 is 33.4 Å². The molecule has 0 fully saturated rings. The smallest absolute Gasteiger partial charge is 0.341 e. The van der Waals surface area contributed by atoms with Crippen LogP contribution in [0.5, 0.6) is 11.5 Å².